The van der Waals surface area contributed by atoms with Crippen molar-refractivity contribution < 1.29 is 35.9 Å². The van der Waals surface area contributed by atoms with Gasteiger partial charge < -0.3 is 9.47 Å². The number of para-hydroxylation sites is 1. The summed E-state index contributed by atoms with van der Waals surface area (Å²) in [6.45, 7) is 5.40. The van der Waals surface area contributed by atoms with Gasteiger partial charge in [0, 0.05) is 13.0 Å². The number of esters is 1. The van der Waals surface area contributed by atoms with Gasteiger partial charge in [-0.2, -0.15) is 17.5 Å². The first-order valence-electron chi connectivity index (χ1n) is 10.00. The number of ether oxygens (including phenoxy) is 2. The molecule has 31 heavy (non-hydrogen) atoms. The van der Waals surface area contributed by atoms with E-state index in [1.165, 1.54) is 28.6 Å². The summed E-state index contributed by atoms with van der Waals surface area (Å²) < 4.78 is 76.4. The summed E-state index contributed by atoms with van der Waals surface area (Å²) >= 11 is -0.298. The van der Waals surface area contributed by atoms with Crippen molar-refractivity contribution in [3.05, 3.63) is 24.3 Å². The predicted octanol–water partition coefficient (Wildman–Crippen LogP) is 4.94. The minimum atomic E-state index is -4.49. The fraction of sp³-hybridized carbons (Fsp3) is 0.650. The van der Waals surface area contributed by atoms with Crippen LogP contribution in [0.1, 0.15) is 52.9 Å². The molecule has 6 nitrogen and oxygen atoms in total. The van der Waals surface area contributed by atoms with Crippen LogP contribution in [0.3, 0.4) is 0 Å². The van der Waals surface area contributed by atoms with Crippen LogP contribution in [-0.2, 0) is 19.6 Å². The summed E-state index contributed by atoms with van der Waals surface area (Å²) in [5.74, 6) is -0.761. The minimum Gasteiger partial charge on any atom is -0.473 e. The van der Waals surface area contributed by atoms with Gasteiger partial charge in [-0.15, -0.1) is 0 Å². The molecule has 1 unspecified atom stereocenters. The molecule has 1 aliphatic heterocycles. The number of alkyl halides is 3. The third-order valence-electron chi connectivity index (χ3n) is 4.30. The van der Waals surface area contributed by atoms with E-state index in [0.717, 1.165) is 0 Å². The van der Waals surface area contributed by atoms with Gasteiger partial charge in [-0.1, -0.05) is 12.1 Å². The van der Waals surface area contributed by atoms with Gasteiger partial charge in [-0.3, -0.25) is 4.79 Å². The van der Waals surface area contributed by atoms with Crippen LogP contribution in [0.4, 0.5) is 13.2 Å². The Kier molecular flexibility index (Phi) is 8.69. The van der Waals surface area contributed by atoms with E-state index in [1.54, 1.807) is 20.8 Å². The van der Waals surface area contributed by atoms with Crippen LogP contribution in [0.25, 0.3) is 0 Å². The number of hydrogen-bond acceptors (Lipinski definition) is 6. The quantitative estimate of drug-likeness (QED) is 0.385. The normalized spacial score (nSPS) is 18.6. The standard InChI is InChI=1S/C20H28F3NO5S2/c1-19(2,3)29-18(25)12-8-14-31(26,27)24-13-7-6-11-17(24)28-15-9-4-5-10-16(15)30-20(21,22)23/h4-5,9-10,17H,6-8,11-14H2,1-3H3. The lowest BCUT2D eigenvalue weighted by atomic mass is 10.1. The van der Waals surface area contributed by atoms with Crippen molar-refractivity contribution in [2.24, 2.45) is 0 Å². The number of sulfonamides is 1. The van der Waals surface area contributed by atoms with Crippen LogP contribution in [0.2, 0.25) is 0 Å². The van der Waals surface area contributed by atoms with Gasteiger partial charge in [0.1, 0.15) is 11.4 Å². The van der Waals surface area contributed by atoms with Crippen molar-refractivity contribution in [2.45, 2.75) is 75.1 Å². The molecule has 0 radical (unpaired) electrons. The van der Waals surface area contributed by atoms with Crippen LogP contribution in [0, 0.1) is 0 Å². The number of thioether (sulfide) groups is 1. The highest BCUT2D eigenvalue weighted by molar-refractivity contribution is 8.00. The molecule has 0 spiro atoms. The smallest absolute Gasteiger partial charge is 0.446 e. The first kappa shape index (κ1) is 25.8. The number of halogens is 3. The minimum absolute atomic E-state index is 0.00863. The topological polar surface area (TPSA) is 72.9 Å². The molecular weight excluding hydrogens is 455 g/mol. The van der Waals surface area contributed by atoms with Crippen molar-refractivity contribution in [3.8, 4) is 5.75 Å². The Balaban J connectivity index is 2.06. The maximum atomic E-state index is 12.9. The number of rotatable bonds is 8. The summed E-state index contributed by atoms with van der Waals surface area (Å²) in [6.07, 6.45) is 0.848. The van der Waals surface area contributed by atoms with Crippen molar-refractivity contribution in [3.63, 3.8) is 0 Å². The maximum Gasteiger partial charge on any atom is 0.446 e. The number of nitrogens with zero attached hydrogens (tertiary/aromatic N) is 1. The van der Waals surface area contributed by atoms with E-state index >= 15 is 0 Å². The third kappa shape index (κ3) is 8.89. The Morgan fingerprint density at radius 1 is 1.19 bits per heavy atom. The molecule has 0 saturated carbocycles. The monoisotopic (exact) mass is 483 g/mol. The van der Waals surface area contributed by atoms with Crippen molar-refractivity contribution in [2.75, 3.05) is 12.3 Å². The summed E-state index contributed by atoms with van der Waals surface area (Å²) in [6, 6.07) is 5.69. The van der Waals surface area contributed by atoms with Crippen molar-refractivity contribution in [1.29, 1.82) is 0 Å². The van der Waals surface area contributed by atoms with Crippen molar-refractivity contribution in [1.82, 2.24) is 4.31 Å². The maximum absolute atomic E-state index is 12.9. The molecule has 0 aliphatic carbocycles. The molecule has 1 aromatic rings. The lowest BCUT2D eigenvalue weighted by Crippen LogP contribution is -2.47. The van der Waals surface area contributed by atoms with E-state index in [4.69, 9.17) is 9.47 Å². The zero-order chi connectivity index (χ0) is 23.3. The molecule has 1 saturated heterocycles. The Bertz CT molecular complexity index is 853. The SMILES string of the molecule is CC(C)(C)OC(=O)CCCS(=O)(=O)N1CCCCC1Oc1ccccc1SC(F)(F)F. The summed E-state index contributed by atoms with van der Waals surface area (Å²) in [5.41, 5.74) is -5.14. The van der Waals surface area contributed by atoms with E-state index in [0.29, 0.717) is 19.3 Å². The first-order chi connectivity index (χ1) is 14.3. The zero-order valence-electron chi connectivity index (χ0n) is 17.8. The van der Waals surface area contributed by atoms with E-state index < -0.39 is 33.3 Å². The number of carbonyl (C=O) groups is 1. The van der Waals surface area contributed by atoms with Crippen LogP contribution >= 0.6 is 11.8 Å². The molecule has 0 amide bonds. The lowest BCUT2D eigenvalue weighted by molar-refractivity contribution is -0.154. The van der Waals surface area contributed by atoms with Gasteiger partial charge in [-0.05, 0) is 70.3 Å². The molecule has 0 bridgehead atoms. The second-order valence-electron chi connectivity index (χ2n) is 8.18. The average molecular weight is 484 g/mol. The largest absolute Gasteiger partial charge is 0.473 e. The van der Waals surface area contributed by atoms with E-state index in [2.05, 4.69) is 0 Å². The van der Waals surface area contributed by atoms with Crippen LogP contribution in [0.5, 0.6) is 5.75 Å². The summed E-state index contributed by atoms with van der Waals surface area (Å²) in [5, 5.41) is 0. The highest BCUT2D eigenvalue weighted by Crippen LogP contribution is 2.42. The number of benzene rings is 1. The van der Waals surface area contributed by atoms with Crippen LogP contribution < -0.4 is 4.74 Å². The zero-order valence-corrected chi connectivity index (χ0v) is 19.4. The van der Waals surface area contributed by atoms with E-state index in [9.17, 15) is 26.4 Å². The Morgan fingerprint density at radius 2 is 1.87 bits per heavy atom. The summed E-state index contributed by atoms with van der Waals surface area (Å²) in [4.78, 5) is 11.7. The Hall–Kier alpha value is -1.46. The second kappa shape index (κ2) is 10.4. The molecule has 1 aromatic carbocycles. The molecule has 176 valence electrons. The third-order valence-corrected chi connectivity index (χ3v) is 7.02. The van der Waals surface area contributed by atoms with E-state index in [1.807, 2.05) is 0 Å². The Labute approximate surface area is 185 Å². The van der Waals surface area contributed by atoms with Gasteiger partial charge >= 0.3 is 11.5 Å². The van der Waals surface area contributed by atoms with Gasteiger partial charge in [0.25, 0.3) is 0 Å². The fourth-order valence-electron chi connectivity index (χ4n) is 3.12. The molecule has 0 aromatic heterocycles. The molecule has 1 aliphatic rings. The Morgan fingerprint density at radius 3 is 2.52 bits per heavy atom. The molecular formula is C20H28F3NO5S2. The van der Waals surface area contributed by atoms with E-state index in [-0.39, 0.29) is 47.5 Å². The van der Waals surface area contributed by atoms with Crippen LogP contribution in [0.15, 0.2) is 29.2 Å². The number of piperidine rings is 1. The fourth-order valence-corrected chi connectivity index (χ4v) is 5.39. The average Bonchev–Trinajstić information content (AvgIpc) is 2.61. The second-order valence-corrected chi connectivity index (χ2v) is 11.3. The molecule has 0 N–H and O–H groups in total. The highest BCUT2D eigenvalue weighted by atomic mass is 32.2. The molecule has 1 atom stereocenters. The highest BCUT2D eigenvalue weighted by Gasteiger charge is 2.35. The summed E-state index contributed by atoms with van der Waals surface area (Å²) in [7, 11) is -3.77. The number of carbonyl (C=O) groups excluding carboxylic acids is 1. The van der Waals surface area contributed by atoms with Crippen LogP contribution in [-0.4, -0.2) is 48.3 Å². The first-order valence-corrected chi connectivity index (χ1v) is 12.4. The van der Waals surface area contributed by atoms with Gasteiger partial charge in [0.15, 0.2) is 6.23 Å². The van der Waals surface area contributed by atoms with Gasteiger partial charge in [-0.25, -0.2) is 8.42 Å². The van der Waals surface area contributed by atoms with Crippen molar-refractivity contribution >= 4 is 27.8 Å². The lowest BCUT2D eigenvalue weighted by Gasteiger charge is -2.35. The molecule has 1 heterocycles. The van der Waals surface area contributed by atoms with Gasteiger partial charge in [0.05, 0.1) is 10.6 Å². The number of hydrogen-bond donors (Lipinski definition) is 0. The molecule has 1 fully saturated rings. The predicted molar refractivity (Wildman–Crippen MR) is 112 cm³/mol. The molecule has 2 rings (SSSR count). The van der Waals surface area contributed by atoms with Gasteiger partial charge in [0.2, 0.25) is 10.0 Å². The molecule has 11 heteroatoms.